The molecular formula is C12H18N2O3. The molecule has 0 aliphatic carbocycles. The highest BCUT2D eigenvalue weighted by molar-refractivity contribution is 5.80. The fraction of sp³-hybridized carbons (Fsp3) is 0.417. The van der Waals surface area contributed by atoms with Gasteiger partial charge in [0.1, 0.15) is 11.9 Å². The number of carbonyl (C=O) groups is 1. The van der Waals surface area contributed by atoms with Gasteiger partial charge in [-0.3, -0.25) is 4.79 Å². The van der Waals surface area contributed by atoms with E-state index in [0.29, 0.717) is 18.0 Å². The number of nitrogens with two attached hydrogens (primary N) is 1. The van der Waals surface area contributed by atoms with Crippen LogP contribution in [0.1, 0.15) is 12.5 Å². The van der Waals surface area contributed by atoms with Crippen molar-refractivity contribution in [1.82, 2.24) is 5.32 Å². The summed E-state index contributed by atoms with van der Waals surface area (Å²) in [6, 6.07) is 5.30. The number of rotatable bonds is 5. The molecule has 1 atom stereocenters. The maximum Gasteiger partial charge on any atom is 0.249 e. The molecule has 5 heteroatoms. The molecule has 94 valence electrons. The van der Waals surface area contributed by atoms with Gasteiger partial charge in [0.2, 0.25) is 5.91 Å². The van der Waals surface area contributed by atoms with Crippen molar-refractivity contribution in [3.05, 3.63) is 23.8 Å². The summed E-state index contributed by atoms with van der Waals surface area (Å²) in [6.45, 7) is 2.05. The van der Waals surface area contributed by atoms with E-state index in [9.17, 15) is 4.79 Å². The molecule has 1 aromatic carbocycles. The Kier molecular flexibility index (Phi) is 4.78. The van der Waals surface area contributed by atoms with Crippen LogP contribution in [0.5, 0.6) is 5.75 Å². The van der Waals surface area contributed by atoms with Crippen LogP contribution in [-0.4, -0.2) is 26.2 Å². The molecule has 17 heavy (non-hydrogen) atoms. The third kappa shape index (κ3) is 3.64. The number of benzene rings is 1. The lowest BCUT2D eigenvalue weighted by molar-refractivity contribution is -0.130. The van der Waals surface area contributed by atoms with E-state index < -0.39 is 6.10 Å². The highest BCUT2D eigenvalue weighted by atomic mass is 16.5. The summed E-state index contributed by atoms with van der Waals surface area (Å²) in [5.41, 5.74) is 7.15. The minimum Gasteiger partial charge on any atom is -0.496 e. The smallest absolute Gasteiger partial charge is 0.249 e. The van der Waals surface area contributed by atoms with Crippen LogP contribution in [0, 0.1) is 0 Å². The van der Waals surface area contributed by atoms with Gasteiger partial charge in [-0.25, -0.2) is 0 Å². The molecule has 1 aromatic rings. The van der Waals surface area contributed by atoms with Gasteiger partial charge in [0.25, 0.3) is 0 Å². The van der Waals surface area contributed by atoms with Gasteiger partial charge in [0, 0.05) is 24.9 Å². The number of nitrogens with one attached hydrogen (secondary N) is 1. The normalized spacial score (nSPS) is 11.9. The summed E-state index contributed by atoms with van der Waals surface area (Å²) >= 11 is 0. The van der Waals surface area contributed by atoms with Crippen LogP contribution in [0.25, 0.3) is 0 Å². The average molecular weight is 238 g/mol. The molecule has 0 spiro atoms. The number of amides is 1. The predicted molar refractivity (Wildman–Crippen MR) is 65.7 cm³/mol. The van der Waals surface area contributed by atoms with E-state index in [2.05, 4.69) is 5.32 Å². The van der Waals surface area contributed by atoms with Crippen molar-refractivity contribution >= 4 is 11.6 Å². The number of methoxy groups -OCH3 is 2. The number of nitrogen functional groups attached to an aromatic ring is 1. The van der Waals surface area contributed by atoms with Gasteiger partial charge in [-0.05, 0) is 25.1 Å². The molecular weight excluding hydrogens is 220 g/mol. The zero-order valence-electron chi connectivity index (χ0n) is 10.3. The first-order valence-corrected chi connectivity index (χ1v) is 5.31. The zero-order chi connectivity index (χ0) is 12.8. The Morgan fingerprint density at radius 1 is 1.47 bits per heavy atom. The first-order valence-electron chi connectivity index (χ1n) is 5.31. The van der Waals surface area contributed by atoms with Crippen LogP contribution in [0.15, 0.2) is 18.2 Å². The Labute approximate surface area is 101 Å². The number of ether oxygens (including phenoxy) is 2. The van der Waals surface area contributed by atoms with E-state index in [1.54, 1.807) is 32.2 Å². The molecule has 1 rings (SSSR count). The lowest BCUT2D eigenvalue weighted by Crippen LogP contribution is -2.33. The maximum atomic E-state index is 11.5. The standard InChI is InChI=1S/C12H18N2O3/c1-8(16-2)12(15)14-7-9-6-10(13)4-5-11(9)17-3/h4-6,8H,7,13H2,1-3H3,(H,14,15). The van der Waals surface area contributed by atoms with Crippen molar-refractivity contribution in [2.24, 2.45) is 0 Å². The van der Waals surface area contributed by atoms with E-state index in [1.165, 1.54) is 7.11 Å². The van der Waals surface area contributed by atoms with E-state index in [0.717, 1.165) is 5.56 Å². The Morgan fingerprint density at radius 2 is 2.18 bits per heavy atom. The quantitative estimate of drug-likeness (QED) is 0.748. The van der Waals surface area contributed by atoms with Gasteiger partial charge in [0.15, 0.2) is 0 Å². The van der Waals surface area contributed by atoms with Crippen molar-refractivity contribution in [3.8, 4) is 5.75 Å². The van der Waals surface area contributed by atoms with Gasteiger partial charge in [-0.1, -0.05) is 0 Å². The van der Waals surface area contributed by atoms with Gasteiger partial charge < -0.3 is 20.5 Å². The first-order chi connectivity index (χ1) is 8.08. The molecule has 0 fully saturated rings. The summed E-state index contributed by atoms with van der Waals surface area (Å²) in [7, 11) is 3.07. The Hall–Kier alpha value is -1.75. The van der Waals surface area contributed by atoms with Crippen LogP contribution in [0.4, 0.5) is 5.69 Å². The third-order valence-corrected chi connectivity index (χ3v) is 2.48. The molecule has 0 saturated carbocycles. The van der Waals surface area contributed by atoms with E-state index in [4.69, 9.17) is 15.2 Å². The molecule has 0 aliphatic heterocycles. The van der Waals surface area contributed by atoms with Crippen LogP contribution < -0.4 is 15.8 Å². The highest BCUT2D eigenvalue weighted by Crippen LogP contribution is 2.20. The molecule has 0 aliphatic rings. The predicted octanol–water partition coefficient (Wildman–Crippen LogP) is 0.928. The van der Waals surface area contributed by atoms with Gasteiger partial charge in [-0.15, -0.1) is 0 Å². The molecule has 1 amide bonds. The van der Waals surface area contributed by atoms with Crippen molar-refractivity contribution in [1.29, 1.82) is 0 Å². The summed E-state index contributed by atoms with van der Waals surface area (Å²) in [6.07, 6.45) is -0.470. The third-order valence-electron chi connectivity index (χ3n) is 2.48. The maximum absolute atomic E-state index is 11.5. The van der Waals surface area contributed by atoms with Gasteiger partial charge in [-0.2, -0.15) is 0 Å². The second kappa shape index (κ2) is 6.10. The lowest BCUT2D eigenvalue weighted by Gasteiger charge is -2.13. The molecule has 0 heterocycles. The van der Waals surface area contributed by atoms with Crippen molar-refractivity contribution in [2.75, 3.05) is 20.0 Å². The van der Waals surface area contributed by atoms with Crippen molar-refractivity contribution in [3.63, 3.8) is 0 Å². The fourth-order valence-electron chi connectivity index (χ4n) is 1.37. The number of hydrogen-bond donors (Lipinski definition) is 2. The zero-order valence-corrected chi connectivity index (χ0v) is 10.3. The summed E-state index contributed by atoms with van der Waals surface area (Å²) < 4.78 is 10.1. The second-order valence-corrected chi connectivity index (χ2v) is 3.67. The first kappa shape index (κ1) is 13.3. The largest absolute Gasteiger partial charge is 0.496 e. The minimum atomic E-state index is -0.470. The highest BCUT2D eigenvalue weighted by Gasteiger charge is 2.12. The Balaban J connectivity index is 2.68. The Morgan fingerprint density at radius 3 is 2.76 bits per heavy atom. The van der Waals surface area contributed by atoms with E-state index in [1.807, 2.05) is 0 Å². The summed E-state index contributed by atoms with van der Waals surface area (Å²) in [4.78, 5) is 11.5. The minimum absolute atomic E-state index is 0.169. The summed E-state index contributed by atoms with van der Waals surface area (Å²) in [5, 5.41) is 2.75. The molecule has 0 bridgehead atoms. The van der Waals surface area contributed by atoms with Crippen molar-refractivity contribution < 1.29 is 14.3 Å². The lowest BCUT2D eigenvalue weighted by atomic mass is 10.1. The summed E-state index contributed by atoms with van der Waals surface area (Å²) in [5.74, 6) is 0.529. The SMILES string of the molecule is COc1ccc(N)cc1CNC(=O)C(C)OC. The topological polar surface area (TPSA) is 73.6 Å². The molecule has 5 nitrogen and oxygen atoms in total. The molecule has 1 unspecified atom stereocenters. The number of anilines is 1. The van der Waals surface area contributed by atoms with E-state index >= 15 is 0 Å². The fourth-order valence-corrected chi connectivity index (χ4v) is 1.37. The molecule has 0 saturated heterocycles. The average Bonchev–Trinajstić information content (AvgIpc) is 2.35. The molecule has 0 aromatic heterocycles. The second-order valence-electron chi connectivity index (χ2n) is 3.67. The molecule has 3 N–H and O–H groups in total. The number of carbonyl (C=O) groups excluding carboxylic acids is 1. The van der Waals surface area contributed by atoms with Crippen LogP contribution in [-0.2, 0) is 16.1 Å². The van der Waals surface area contributed by atoms with Crippen LogP contribution >= 0.6 is 0 Å². The van der Waals surface area contributed by atoms with Gasteiger partial charge >= 0.3 is 0 Å². The van der Waals surface area contributed by atoms with Crippen molar-refractivity contribution in [2.45, 2.75) is 19.6 Å². The monoisotopic (exact) mass is 238 g/mol. The van der Waals surface area contributed by atoms with Crippen LogP contribution in [0.3, 0.4) is 0 Å². The van der Waals surface area contributed by atoms with E-state index in [-0.39, 0.29) is 5.91 Å². The number of hydrogen-bond acceptors (Lipinski definition) is 4. The van der Waals surface area contributed by atoms with Gasteiger partial charge in [0.05, 0.1) is 7.11 Å². The Bertz CT molecular complexity index is 393. The van der Waals surface area contributed by atoms with Crippen LogP contribution in [0.2, 0.25) is 0 Å². The molecule has 0 radical (unpaired) electrons.